The van der Waals surface area contributed by atoms with Gasteiger partial charge in [0.15, 0.2) is 6.04 Å². The van der Waals surface area contributed by atoms with Crippen LogP contribution in [-0.2, 0) is 0 Å². The van der Waals surface area contributed by atoms with Gasteiger partial charge in [-0.2, -0.15) is 15.3 Å². The van der Waals surface area contributed by atoms with Gasteiger partial charge in [0.2, 0.25) is 0 Å². The quantitative estimate of drug-likeness (QED) is 0.713. The lowest BCUT2D eigenvalue weighted by molar-refractivity contribution is 0.573. The molecule has 1 aliphatic rings. The molecule has 5 nitrogen and oxygen atoms in total. The molecule has 78 valence electrons. The maximum Gasteiger partial charge on any atom is 0.151 e. The second-order valence-electron chi connectivity index (χ2n) is 3.45. The summed E-state index contributed by atoms with van der Waals surface area (Å²) in [6.45, 7) is 1.97. The molecular weight excluding hydrogens is 190 g/mol. The zero-order chi connectivity index (χ0) is 10.7. The van der Waals surface area contributed by atoms with Crippen molar-refractivity contribution < 1.29 is 0 Å². The Morgan fingerprint density at radius 2 is 2.07 bits per heavy atom. The van der Waals surface area contributed by atoms with Crippen LogP contribution in [0, 0.1) is 0 Å². The van der Waals surface area contributed by atoms with E-state index in [-0.39, 0.29) is 12.1 Å². The Balaban J connectivity index is 2.09. The fourth-order valence-corrected chi connectivity index (χ4v) is 1.35. The van der Waals surface area contributed by atoms with E-state index in [9.17, 15) is 0 Å². The van der Waals surface area contributed by atoms with Crippen molar-refractivity contribution in [3.63, 3.8) is 0 Å². The minimum Gasteiger partial charge on any atom is -0.384 e. The SMILES string of the molecule is CC1NN=C(N)C1N=Nc1ccccc1. The molecule has 5 heteroatoms. The van der Waals surface area contributed by atoms with Gasteiger partial charge < -0.3 is 11.2 Å². The van der Waals surface area contributed by atoms with Crippen LogP contribution < -0.4 is 11.2 Å². The van der Waals surface area contributed by atoms with Gasteiger partial charge in [-0.25, -0.2) is 0 Å². The minimum absolute atomic E-state index is 0.109. The molecule has 2 rings (SSSR count). The van der Waals surface area contributed by atoms with Crippen molar-refractivity contribution >= 4 is 11.5 Å². The third-order valence-corrected chi connectivity index (χ3v) is 2.23. The Bertz CT molecular complexity index is 384. The van der Waals surface area contributed by atoms with Crippen molar-refractivity contribution in [2.24, 2.45) is 21.1 Å². The monoisotopic (exact) mass is 203 g/mol. The summed E-state index contributed by atoms with van der Waals surface area (Å²) in [5.41, 5.74) is 9.36. The average Bonchev–Trinajstić information content (AvgIpc) is 2.58. The highest BCUT2D eigenvalue weighted by Crippen LogP contribution is 2.13. The Morgan fingerprint density at radius 1 is 1.33 bits per heavy atom. The van der Waals surface area contributed by atoms with Crippen molar-refractivity contribution in [3.8, 4) is 0 Å². The highest BCUT2D eigenvalue weighted by atomic mass is 15.4. The number of amidine groups is 1. The largest absolute Gasteiger partial charge is 0.384 e. The first-order chi connectivity index (χ1) is 7.27. The lowest BCUT2D eigenvalue weighted by Crippen LogP contribution is -2.33. The highest BCUT2D eigenvalue weighted by molar-refractivity contribution is 5.87. The molecule has 0 bridgehead atoms. The summed E-state index contributed by atoms with van der Waals surface area (Å²) in [5.74, 6) is 0.488. The summed E-state index contributed by atoms with van der Waals surface area (Å²) in [4.78, 5) is 0. The molecular formula is C10H13N5. The number of azo groups is 1. The number of benzene rings is 1. The smallest absolute Gasteiger partial charge is 0.151 e. The second kappa shape index (κ2) is 4.08. The van der Waals surface area contributed by atoms with Crippen LogP contribution in [0.1, 0.15) is 6.92 Å². The molecule has 0 amide bonds. The lowest BCUT2D eigenvalue weighted by Gasteiger charge is -2.07. The summed E-state index contributed by atoms with van der Waals surface area (Å²) in [5, 5.41) is 12.2. The van der Waals surface area contributed by atoms with Crippen LogP contribution >= 0.6 is 0 Å². The first kappa shape index (κ1) is 9.64. The van der Waals surface area contributed by atoms with Gasteiger partial charge in [-0.1, -0.05) is 18.2 Å². The molecule has 1 aromatic carbocycles. The summed E-state index contributed by atoms with van der Waals surface area (Å²) < 4.78 is 0. The first-order valence-corrected chi connectivity index (χ1v) is 4.82. The van der Waals surface area contributed by atoms with Crippen LogP contribution in [0.2, 0.25) is 0 Å². The Hall–Kier alpha value is -1.91. The van der Waals surface area contributed by atoms with Gasteiger partial charge in [0, 0.05) is 0 Å². The predicted octanol–water partition coefficient (Wildman–Crippen LogP) is 1.40. The summed E-state index contributed by atoms with van der Waals surface area (Å²) in [7, 11) is 0. The molecule has 0 fully saturated rings. The maximum absolute atomic E-state index is 5.67. The molecule has 2 unspecified atom stereocenters. The number of nitrogens with zero attached hydrogens (tertiary/aromatic N) is 3. The number of rotatable bonds is 2. The number of hydrogen-bond donors (Lipinski definition) is 2. The van der Waals surface area contributed by atoms with E-state index in [2.05, 4.69) is 20.8 Å². The highest BCUT2D eigenvalue weighted by Gasteiger charge is 2.25. The van der Waals surface area contributed by atoms with Crippen LogP contribution in [0.3, 0.4) is 0 Å². The molecule has 15 heavy (non-hydrogen) atoms. The summed E-state index contributed by atoms with van der Waals surface area (Å²) in [6, 6.07) is 9.51. The fraction of sp³-hybridized carbons (Fsp3) is 0.300. The van der Waals surface area contributed by atoms with Gasteiger partial charge in [-0.15, -0.1) is 0 Å². The average molecular weight is 203 g/mol. The molecule has 2 atom stereocenters. The first-order valence-electron chi connectivity index (χ1n) is 4.82. The molecule has 1 aliphatic heterocycles. The van der Waals surface area contributed by atoms with Crippen LogP contribution in [0.4, 0.5) is 5.69 Å². The zero-order valence-corrected chi connectivity index (χ0v) is 8.46. The van der Waals surface area contributed by atoms with E-state index in [1.54, 1.807) is 0 Å². The van der Waals surface area contributed by atoms with E-state index < -0.39 is 0 Å². The standard InChI is InChI=1S/C10H13N5/c1-7-9(10(11)15-12-7)14-13-8-5-3-2-4-6-8/h2-7,9,12H,1H3,(H2,11,15). The predicted molar refractivity (Wildman–Crippen MR) is 59.0 cm³/mol. The van der Waals surface area contributed by atoms with Gasteiger partial charge in [0.25, 0.3) is 0 Å². The van der Waals surface area contributed by atoms with Crippen molar-refractivity contribution in [2.45, 2.75) is 19.0 Å². The van der Waals surface area contributed by atoms with Crippen molar-refractivity contribution in [1.29, 1.82) is 0 Å². The van der Waals surface area contributed by atoms with E-state index >= 15 is 0 Å². The number of hydrazone groups is 1. The maximum atomic E-state index is 5.67. The molecule has 0 saturated heterocycles. The topological polar surface area (TPSA) is 75.1 Å². The second-order valence-corrected chi connectivity index (χ2v) is 3.45. The molecule has 0 radical (unpaired) electrons. The normalized spacial score (nSPS) is 25.3. The lowest BCUT2D eigenvalue weighted by atomic mass is 10.2. The van der Waals surface area contributed by atoms with Crippen molar-refractivity contribution in [2.75, 3.05) is 0 Å². The van der Waals surface area contributed by atoms with Gasteiger partial charge in [0.05, 0.1) is 11.7 Å². The third kappa shape index (κ3) is 2.12. The van der Waals surface area contributed by atoms with E-state index in [4.69, 9.17) is 5.73 Å². The van der Waals surface area contributed by atoms with Crippen LogP contribution in [-0.4, -0.2) is 17.9 Å². The molecule has 0 spiro atoms. The molecule has 1 heterocycles. The van der Waals surface area contributed by atoms with E-state index in [0.29, 0.717) is 5.84 Å². The third-order valence-electron chi connectivity index (χ3n) is 2.23. The Kier molecular flexibility index (Phi) is 2.62. The molecule has 3 N–H and O–H groups in total. The zero-order valence-electron chi connectivity index (χ0n) is 8.46. The number of nitrogens with two attached hydrogens (primary N) is 1. The Morgan fingerprint density at radius 3 is 2.67 bits per heavy atom. The van der Waals surface area contributed by atoms with Crippen LogP contribution in [0.15, 0.2) is 45.7 Å². The van der Waals surface area contributed by atoms with Crippen molar-refractivity contribution in [3.05, 3.63) is 30.3 Å². The molecule has 0 saturated carbocycles. The minimum atomic E-state index is -0.162. The van der Waals surface area contributed by atoms with Gasteiger partial charge in [-0.3, -0.25) is 0 Å². The summed E-state index contributed by atoms with van der Waals surface area (Å²) >= 11 is 0. The van der Waals surface area contributed by atoms with E-state index in [1.807, 2.05) is 37.3 Å². The Labute approximate surface area is 88.1 Å². The molecule has 0 aliphatic carbocycles. The summed E-state index contributed by atoms with van der Waals surface area (Å²) in [6.07, 6.45) is 0. The van der Waals surface area contributed by atoms with Gasteiger partial charge in [0.1, 0.15) is 5.84 Å². The van der Waals surface area contributed by atoms with Gasteiger partial charge in [-0.05, 0) is 19.1 Å². The van der Waals surface area contributed by atoms with Crippen LogP contribution in [0.5, 0.6) is 0 Å². The van der Waals surface area contributed by atoms with Crippen molar-refractivity contribution in [1.82, 2.24) is 5.43 Å². The van der Waals surface area contributed by atoms with Crippen LogP contribution in [0.25, 0.3) is 0 Å². The number of nitrogens with one attached hydrogen (secondary N) is 1. The van der Waals surface area contributed by atoms with E-state index in [1.165, 1.54) is 0 Å². The number of hydrogen-bond acceptors (Lipinski definition) is 5. The fourth-order valence-electron chi connectivity index (χ4n) is 1.35. The van der Waals surface area contributed by atoms with E-state index in [0.717, 1.165) is 5.69 Å². The van der Waals surface area contributed by atoms with Gasteiger partial charge >= 0.3 is 0 Å². The molecule has 1 aromatic rings. The molecule has 0 aromatic heterocycles.